The van der Waals surface area contributed by atoms with Gasteiger partial charge in [-0.2, -0.15) is 0 Å². The molecule has 138 valence electrons. The van der Waals surface area contributed by atoms with E-state index in [1.165, 1.54) is 0 Å². The SMILES string of the molecule is COc1ccc(CCC(=O)Nc2cccc(OCc3ccccn3)c2)cc1. The molecule has 3 aromatic rings. The zero-order chi connectivity index (χ0) is 18.9. The Hall–Kier alpha value is -3.34. The number of anilines is 1. The van der Waals surface area contributed by atoms with Gasteiger partial charge in [-0.25, -0.2) is 0 Å². The van der Waals surface area contributed by atoms with Gasteiger partial charge >= 0.3 is 0 Å². The molecule has 0 fully saturated rings. The van der Waals surface area contributed by atoms with Gasteiger partial charge in [0.25, 0.3) is 0 Å². The van der Waals surface area contributed by atoms with Crippen LogP contribution in [0.5, 0.6) is 11.5 Å². The largest absolute Gasteiger partial charge is 0.497 e. The van der Waals surface area contributed by atoms with Gasteiger partial charge in [-0.05, 0) is 48.4 Å². The summed E-state index contributed by atoms with van der Waals surface area (Å²) in [6.07, 6.45) is 2.81. The summed E-state index contributed by atoms with van der Waals surface area (Å²) in [7, 11) is 1.64. The minimum absolute atomic E-state index is 0.0345. The van der Waals surface area contributed by atoms with Crippen molar-refractivity contribution >= 4 is 11.6 Å². The topological polar surface area (TPSA) is 60.5 Å². The highest BCUT2D eigenvalue weighted by atomic mass is 16.5. The van der Waals surface area contributed by atoms with Crippen LogP contribution in [-0.4, -0.2) is 18.0 Å². The number of amides is 1. The third kappa shape index (κ3) is 5.85. The van der Waals surface area contributed by atoms with Crippen molar-refractivity contribution in [2.75, 3.05) is 12.4 Å². The van der Waals surface area contributed by atoms with Crippen LogP contribution >= 0.6 is 0 Å². The molecule has 1 heterocycles. The van der Waals surface area contributed by atoms with Crippen molar-refractivity contribution in [3.63, 3.8) is 0 Å². The molecule has 0 radical (unpaired) electrons. The van der Waals surface area contributed by atoms with Crippen LogP contribution in [0.15, 0.2) is 72.9 Å². The molecule has 0 saturated carbocycles. The van der Waals surface area contributed by atoms with E-state index in [1.54, 1.807) is 13.3 Å². The maximum Gasteiger partial charge on any atom is 0.224 e. The van der Waals surface area contributed by atoms with Crippen LogP contribution in [0.3, 0.4) is 0 Å². The van der Waals surface area contributed by atoms with Crippen molar-refractivity contribution in [2.45, 2.75) is 19.4 Å². The molecule has 0 spiro atoms. The Morgan fingerprint density at radius 3 is 2.59 bits per heavy atom. The zero-order valence-electron chi connectivity index (χ0n) is 15.2. The van der Waals surface area contributed by atoms with E-state index in [-0.39, 0.29) is 5.91 Å². The molecule has 0 saturated heterocycles. The lowest BCUT2D eigenvalue weighted by molar-refractivity contribution is -0.116. The van der Waals surface area contributed by atoms with Crippen LogP contribution in [0.2, 0.25) is 0 Å². The molecule has 0 aliphatic carbocycles. The van der Waals surface area contributed by atoms with Crippen molar-refractivity contribution < 1.29 is 14.3 Å². The van der Waals surface area contributed by atoms with E-state index in [9.17, 15) is 4.79 Å². The molecule has 0 unspecified atom stereocenters. The Kier molecular flexibility index (Phi) is 6.41. The second-order valence-electron chi connectivity index (χ2n) is 6.03. The van der Waals surface area contributed by atoms with Gasteiger partial charge < -0.3 is 14.8 Å². The van der Waals surface area contributed by atoms with Crippen LogP contribution in [0.25, 0.3) is 0 Å². The van der Waals surface area contributed by atoms with Crippen molar-refractivity contribution in [1.29, 1.82) is 0 Å². The number of pyridine rings is 1. The summed E-state index contributed by atoms with van der Waals surface area (Å²) < 4.78 is 10.9. The zero-order valence-corrected chi connectivity index (χ0v) is 15.2. The number of benzene rings is 2. The molecule has 0 bridgehead atoms. The highest BCUT2D eigenvalue weighted by molar-refractivity contribution is 5.91. The molecule has 1 N–H and O–H groups in total. The van der Waals surface area contributed by atoms with Gasteiger partial charge in [0.2, 0.25) is 5.91 Å². The van der Waals surface area contributed by atoms with Gasteiger partial charge in [0.1, 0.15) is 18.1 Å². The number of aromatic nitrogens is 1. The monoisotopic (exact) mass is 362 g/mol. The number of hydrogen-bond acceptors (Lipinski definition) is 4. The maximum atomic E-state index is 12.2. The minimum Gasteiger partial charge on any atom is -0.497 e. The summed E-state index contributed by atoms with van der Waals surface area (Å²) in [5.41, 5.74) is 2.66. The average Bonchev–Trinajstić information content (AvgIpc) is 2.72. The molecule has 0 atom stereocenters. The lowest BCUT2D eigenvalue weighted by atomic mass is 10.1. The number of ether oxygens (including phenoxy) is 2. The quantitative estimate of drug-likeness (QED) is 0.651. The van der Waals surface area contributed by atoms with Crippen LogP contribution in [0.4, 0.5) is 5.69 Å². The molecule has 5 heteroatoms. The van der Waals surface area contributed by atoms with Gasteiger partial charge in [-0.15, -0.1) is 0 Å². The number of carbonyl (C=O) groups excluding carboxylic acids is 1. The van der Waals surface area contributed by atoms with Gasteiger partial charge in [-0.1, -0.05) is 24.3 Å². The van der Waals surface area contributed by atoms with Gasteiger partial charge in [0, 0.05) is 24.4 Å². The smallest absolute Gasteiger partial charge is 0.224 e. The van der Waals surface area contributed by atoms with Crippen LogP contribution in [-0.2, 0) is 17.8 Å². The van der Waals surface area contributed by atoms with Crippen molar-refractivity contribution in [3.05, 3.63) is 84.2 Å². The second kappa shape index (κ2) is 9.38. The lowest BCUT2D eigenvalue weighted by Crippen LogP contribution is -2.12. The number of rotatable bonds is 8. The third-order valence-corrected chi connectivity index (χ3v) is 4.03. The first-order valence-electron chi connectivity index (χ1n) is 8.78. The van der Waals surface area contributed by atoms with Crippen LogP contribution in [0, 0.1) is 0 Å². The van der Waals surface area contributed by atoms with Gasteiger partial charge in [-0.3, -0.25) is 9.78 Å². The molecule has 1 amide bonds. The fourth-order valence-electron chi connectivity index (χ4n) is 2.58. The van der Waals surface area contributed by atoms with E-state index < -0.39 is 0 Å². The number of nitrogens with zero attached hydrogens (tertiary/aromatic N) is 1. The van der Waals surface area contributed by atoms with Crippen molar-refractivity contribution in [1.82, 2.24) is 4.98 Å². The molecule has 0 aliphatic heterocycles. The summed E-state index contributed by atoms with van der Waals surface area (Å²) in [6, 6.07) is 20.8. The van der Waals surface area contributed by atoms with Crippen molar-refractivity contribution in [3.8, 4) is 11.5 Å². The van der Waals surface area contributed by atoms with Gasteiger partial charge in [0.15, 0.2) is 0 Å². The van der Waals surface area contributed by atoms with E-state index in [4.69, 9.17) is 9.47 Å². The summed E-state index contributed by atoms with van der Waals surface area (Å²) in [5, 5.41) is 2.91. The standard InChI is InChI=1S/C22H22N2O3/c1-26-20-11-8-17(9-12-20)10-13-22(25)24-18-6-4-7-21(15-18)27-16-19-5-2-3-14-23-19/h2-9,11-12,14-15H,10,13,16H2,1H3,(H,24,25). The Balaban J connectivity index is 1.50. The summed E-state index contributed by atoms with van der Waals surface area (Å²) in [5.74, 6) is 1.46. The maximum absolute atomic E-state index is 12.2. The first-order valence-corrected chi connectivity index (χ1v) is 8.78. The summed E-state index contributed by atoms with van der Waals surface area (Å²) in [6.45, 7) is 0.385. The molecule has 27 heavy (non-hydrogen) atoms. The van der Waals surface area contributed by atoms with E-state index in [2.05, 4.69) is 10.3 Å². The lowest BCUT2D eigenvalue weighted by Gasteiger charge is -2.09. The Morgan fingerprint density at radius 2 is 1.85 bits per heavy atom. The number of aryl methyl sites for hydroxylation is 1. The highest BCUT2D eigenvalue weighted by Crippen LogP contribution is 2.19. The minimum atomic E-state index is -0.0345. The molecule has 1 aromatic heterocycles. The second-order valence-corrected chi connectivity index (χ2v) is 6.03. The number of nitrogens with one attached hydrogen (secondary N) is 1. The average molecular weight is 362 g/mol. The first kappa shape index (κ1) is 18.5. The molecule has 5 nitrogen and oxygen atoms in total. The first-order chi connectivity index (χ1) is 13.2. The van der Waals surface area contributed by atoms with Gasteiger partial charge in [0.05, 0.1) is 12.8 Å². The highest BCUT2D eigenvalue weighted by Gasteiger charge is 2.05. The molecule has 2 aromatic carbocycles. The third-order valence-electron chi connectivity index (χ3n) is 4.03. The van der Waals surface area contributed by atoms with E-state index in [0.29, 0.717) is 30.9 Å². The Labute approximate surface area is 159 Å². The molecule has 0 aliphatic rings. The Morgan fingerprint density at radius 1 is 1.00 bits per heavy atom. The summed E-state index contributed by atoms with van der Waals surface area (Å²) in [4.78, 5) is 16.4. The Bertz CT molecular complexity index is 864. The number of methoxy groups -OCH3 is 1. The normalized spacial score (nSPS) is 10.3. The van der Waals surface area contributed by atoms with E-state index in [1.807, 2.05) is 66.7 Å². The molecular weight excluding hydrogens is 340 g/mol. The number of hydrogen-bond donors (Lipinski definition) is 1. The predicted octanol–water partition coefficient (Wildman–Crippen LogP) is 4.24. The summed E-state index contributed by atoms with van der Waals surface area (Å²) >= 11 is 0. The number of carbonyl (C=O) groups is 1. The van der Waals surface area contributed by atoms with E-state index >= 15 is 0 Å². The fourth-order valence-corrected chi connectivity index (χ4v) is 2.58. The van der Waals surface area contributed by atoms with Crippen LogP contribution < -0.4 is 14.8 Å². The molecule has 3 rings (SSSR count). The van der Waals surface area contributed by atoms with Crippen molar-refractivity contribution in [2.24, 2.45) is 0 Å². The van der Waals surface area contributed by atoms with Crippen LogP contribution in [0.1, 0.15) is 17.7 Å². The van der Waals surface area contributed by atoms with E-state index in [0.717, 1.165) is 17.0 Å². The fraction of sp³-hybridized carbons (Fsp3) is 0.182. The molecular formula is C22H22N2O3. The predicted molar refractivity (Wildman–Crippen MR) is 105 cm³/mol.